The molecule has 2 heterocycles. The van der Waals surface area contributed by atoms with Crippen molar-refractivity contribution in [2.45, 2.75) is 58.3 Å². The first kappa shape index (κ1) is 21.7. The number of alkyl halides is 6. The van der Waals surface area contributed by atoms with Crippen molar-refractivity contribution in [1.29, 1.82) is 0 Å². The first-order valence-electron chi connectivity index (χ1n) is 9.27. The average molecular weight is 461 g/mol. The molecule has 0 saturated heterocycles. The third kappa shape index (κ3) is 3.66. The first-order chi connectivity index (χ1) is 13.8. The van der Waals surface area contributed by atoms with E-state index in [0.29, 0.717) is 20.9 Å². The summed E-state index contributed by atoms with van der Waals surface area (Å²) in [6.45, 7) is 2.56. The van der Waals surface area contributed by atoms with Crippen molar-refractivity contribution in [2.75, 3.05) is 0 Å². The van der Waals surface area contributed by atoms with Gasteiger partial charge in [0.2, 0.25) is 0 Å². The first-order valence-corrected chi connectivity index (χ1v) is 10.9. The lowest BCUT2D eigenvalue weighted by Gasteiger charge is -2.37. The van der Waals surface area contributed by atoms with E-state index >= 15 is 0 Å². The summed E-state index contributed by atoms with van der Waals surface area (Å²) in [5.41, 5.74) is -1.65. The van der Waals surface area contributed by atoms with Crippen molar-refractivity contribution < 1.29 is 26.3 Å². The molecule has 0 bridgehead atoms. The van der Waals surface area contributed by atoms with E-state index in [2.05, 4.69) is 0 Å². The van der Waals surface area contributed by atoms with Gasteiger partial charge in [-0.05, 0) is 49.9 Å². The molecule has 0 radical (unpaired) electrons. The highest BCUT2D eigenvalue weighted by Gasteiger charge is 2.60. The maximum absolute atomic E-state index is 14.4. The largest absolute Gasteiger partial charge is 0.414 e. The van der Waals surface area contributed by atoms with Crippen LogP contribution in [0.4, 0.5) is 26.3 Å². The summed E-state index contributed by atoms with van der Waals surface area (Å²) in [4.78, 5) is 1.19. The molecule has 0 aromatic heterocycles. The number of fused-ring (bicyclic) bond motifs is 2. The zero-order chi connectivity index (χ0) is 21.9. The number of benzene rings is 2. The number of rotatable bonds is 2. The van der Waals surface area contributed by atoms with E-state index in [-0.39, 0.29) is 12.8 Å². The quantitative estimate of drug-likeness (QED) is 0.334. The van der Waals surface area contributed by atoms with Gasteiger partial charge in [-0.1, -0.05) is 36.4 Å². The Morgan fingerprint density at radius 1 is 0.667 bits per heavy atom. The third-order valence-corrected chi connectivity index (χ3v) is 8.38. The van der Waals surface area contributed by atoms with Crippen LogP contribution in [-0.2, 0) is 12.8 Å². The van der Waals surface area contributed by atoms with Crippen LogP contribution in [0.25, 0.3) is 0 Å². The molecule has 0 N–H and O–H groups in total. The van der Waals surface area contributed by atoms with Crippen molar-refractivity contribution in [3.05, 3.63) is 70.8 Å². The number of hydrogen-bond acceptors (Lipinski definition) is 2. The van der Waals surface area contributed by atoms with Gasteiger partial charge in [-0.15, -0.1) is 23.5 Å². The molecule has 2 aromatic rings. The van der Waals surface area contributed by atoms with E-state index in [4.69, 9.17) is 0 Å². The molecule has 0 amide bonds. The summed E-state index contributed by atoms with van der Waals surface area (Å²) in [5, 5.41) is 0. The number of thioether (sulfide) groups is 2. The predicted octanol–water partition coefficient (Wildman–Crippen LogP) is 7.62. The Bertz CT molecular complexity index is 887. The van der Waals surface area contributed by atoms with Crippen molar-refractivity contribution in [1.82, 2.24) is 0 Å². The van der Waals surface area contributed by atoms with Crippen molar-refractivity contribution in [3.8, 4) is 0 Å². The molecule has 2 unspecified atom stereocenters. The van der Waals surface area contributed by atoms with E-state index in [0.717, 1.165) is 23.5 Å². The molecule has 2 aliphatic rings. The van der Waals surface area contributed by atoms with Crippen molar-refractivity contribution >= 4 is 23.5 Å². The Kier molecular flexibility index (Phi) is 5.05. The minimum absolute atomic E-state index is 0.101. The fourth-order valence-electron chi connectivity index (χ4n) is 4.47. The van der Waals surface area contributed by atoms with Gasteiger partial charge in [0.1, 0.15) is 0 Å². The molecule has 2 aliphatic heterocycles. The molecule has 160 valence electrons. The monoisotopic (exact) mass is 460 g/mol. The van der Waals surface area contributed by atoms with Crippen LogP contribution >= 0.6 is 23.5 Å². The molecule has 4 rings (SSSR count). The lowest BCUT2D eigenvalue weighted by molar-refractivity contribution is -0.122. The minimum Gasteiger partial charge on any atom is -0.166 e. The highest BCUT2D eigenvalue weighted by atomic mass is 32.2. The normalized spacial score (nSPS) is 26.9. The molecule has 0 nitrogen and oxygen atoms in total. The molecule has 30 heavy (non-hydrogen) atoms. The van der Waals surface area contributed by atoms with Gasteiger partial charge in [0.15, 0.2) is 0 Å². The Morgan fingerprint density at radius 2 is 1.00 bits per heavy atom. The summed E-state index contributed by atoms with van der Waals surface area (Å²) in [5.74, 6) is 0. The van der Waals surface area contributed by atoms with Crippen LogP contribution in [0, 0.1) is 0 Å². The van der Waals surface area contributed by atoms with Gasteiger partial charge in [-0.3, -0.25) is 0 Å². The van der Waals surface area contributed by atoms with Gasteiger partial charge in [0, 0.05) is 9.79 Å². The highest BCUT2D eigenvalue weighted by molar-refractivity contribution is 8.01. The van der Waals surface area contributed by atoms with Crippen LogP contribution in [0.1, 0.15) is 25.0 Å². The van der Waals surface area contributed by atoms with Gasteiger partial charge < -0.3 is 0 Å². The fraction of sp³-hybridized carbons (Fsp3) is 0.364. The number of halogens is 6. The van der Waals surface area contributed by atoms with Gasteiger partial charge in [0.25, 0.3) is 0 Å². The van der Waals surface area contributed by atoms with Gasteiger partial charge >= 0.3 is 12.4 Å². The van der Waals surface area contributed by atoms with Crippen LogP contribution in [0.3, 0.4) is 0 Å². The Balaban J connectivity index is 1.93. The second-order valence-electron chi connectivity index (χ2n) is 7.98. The van der Waals surface area contributed by atoms with Crippen LogP contribution in [-0.4, -0.2) is 21.8 Å². The maximum atomic E-state index is 14.4. The lowest BCUT2D eigenvalue weighted by atomic mass is 9.82. The fourth-order valence-corrected chi connectivity index (χ4v) is 7.38. The van der Waals surface area contributed by atoms with Crippen molar-refractivity contribution in [2.24, 2.45) is 0 Å². The molecule has 2 aromatic carbocycles. The van der Waals surface area contributed by atoms with E-state index in [9.17, 15) is 26.3 Å². The molecule has 8 heteroatoms. The Labute approximate surface area is 179 Å². The summed E-state index contributed by atoms with van der Waals surface area (Å²) < 4.78 is 82.8. The summed E-state index contributed by atoms with van der Waals surface area (Å²) in [6.07, 6.45) is -10.4. The molecule has 2 atom stereocenters. The zero-order valence-electron chi connectivity index (χ0n) is 16.1. The van der Waals surface area contributed by atoms with Crippen LogP contribution in [0.2, 0.25) is 0 Å². The summed E-state index contributed by atoms with van der Waals surface area (Å²) in [7, 11) is 0. The SMILES string of the molecule is CC1(/C(=C(\C(F)(F)F)C2(C)Cc3ccccc3S2)C(F)(F)F)Cc2ccccc2S1. The summed E-state index contributed by atoms with van der Waals surface area (Å²) in [6, 6.07) is 13.4. The van der Waals surface area contributed by atoms with Gasteiger partial charge in [-0.2, -0.15) is 26.3 Å². The average Bonchev–Trinajstić information content (AvgIpc) is 3.13. The highest BCUT2D eigenvalue weighted by Crippen LogP contribution is 2.60. The number of hydrogen-bond donors (Lipinski definition) is 0. The minimum atomic E-state index is -5.12. The summed E-state index contributed by atoms with van der Waals surface area (Å²) >= 11 is 1.74. The lowest BCUT2D eigenvalue weighted by Crippen LogP contribution is -2.43. The molecule has 0 spiro atoms. The van der Waals surface area contributed by atoms with Crippen LogP contribution in [0.15, 0.2) is 69.5 Å². The van der Waals surface area contributed by atoms with Gasteiger partial charge in [-0.25, -0.2) is 0 Å². The Hall–Kier alpha value is -1.54. The zero-order valence-corrected chi connectivity index (χ0v) is 17.8. The van der Waals surface area contributed by atoms with Gasteiger partial charge in [0.05, 0.1) is 20.6 Å². The van der Waals surface area contributed by atoms with E-state index < -0.39 is 33.0 Å². The molecule has 0 fully saturated rings. The van der Waals surface area contributed by atoms with E-state index in [1.165, 1.54) is 13.8 Å². The van der Waals surface area contributed by atoms with Crippen molar-refractivity contribution in [3.63, 3.8) is 0 Å². The van der Waals surface area contributed by atoms with Crippen LogP contribution in [0.5, 0.6) is 0 Å². The maximum Gasteiger partial charge on any atom is 0.414 e. The van der Waals surface area contributed by atoms with Crippen LogP contribution < -0.4 is 0 Å². The third-order valence-electron chi connectivity index (χ3n) is 5.55. The standard InChI is InChI=1S/C22H18F6S2/c1-19(11-13-7-3-5-9-15(13)29-19)17(21(23,24)25)18(22(26,27)28)20(2)12-14-8-4-6-10-16(14)30-20/h3-10H,11-12H2,1-2H3/b18-17+. The van der Waals surface area contributed by atoms with E-state index in [1.54, 1.807) is 48.5 Å². The predicted molar refractivity (Wildman–Crippen MR) is 108 cm³/mol. The van der Waals surface area contributed by atoms with E-state index in [1.807, 2.05) is 0 Å². The molecular formula is C22H18F6S2. The topological polar surface area (TPSA) is 0 Å². The second-order valence-corrected chi connectivity index (χ2v) is 11.1. The second kappa shape index (κ2) is 6.99. The molecule has 0 aliphatic carbocycles. The smallest absolute Gasteiger partial charge is 0.166 e. The molecular weight excluding hydrogens is 442 g/mol. The molecule has 0 saturated carbocycles. The Morgan fingerprint density at radius 3 is 1.30 bits per heavy atom.